The summed E-state index contributed by atoms with van der Waals surface area (Å²) >= 11 is 0. The van der Waals surface area contributed by atoms with E-state index in [-0.39, 0.29) is 46.7 Å². The Labute approximate surface area is 161 Å². The van der Waals surface area contributed by atoms with Crippen molar-refractivity contribution < 1.29 is 27.8 Å². The summed E-state index contributed by atoms with van der Waals surface area (Å²) in [6.07, 6.45) is -0.442. The zero-order valence-electron chi connectivity index (χ0n) is 15.7. The average molecular weight is 390 g/mol. The summed E-state index contributed by atoms with van der Waals surface area (Å²) in [5.74, 6) is -1.94. The van der Waals surface area contributed by atoms with Crippen LogP contribution in [-0.2, 0) is 4.79 Å². The summed E-state index contributed by atoms with van der Waals surface area (Å²) in [5.41, 5.74) is 0.541. The fraction of sp³-hybridized carbons (Fsp3) is 0.300. The van der Waals surface area contributed by atoms with Crippen molar-refractivity contribution in [3.63, 3.8) is 0 Å². The van der Waals surface area contributed by atoms with Crippen LogP contribution >= 0.6 is 0 Å². The topological polar surface area (TPSA) is 67.9 Å². The molecule has 0 radical (unpaired) electrons. The quantitative estimate of drug-likeness (QED) is 0.867. The number of benzene rings is 2. The number of anilines is 1. The second-order valence-electron chi connectivity index (χ2n) is 6.60. The van der Waals surface area contributed by atoms with Gasteiger partial charge in [-0.3, -0.25) is 9.59 Å². The lowest BCUT2D eigenvalue weighted by molar-refractivity contribution is -0.114. The molecule has 0 bridgehead atoms. The van der Waals surface area contributed by atoms with Crippen LogP contribution in [0.1, 0.15) is 35.4 Å². The Kier molecular flexibility index (Phi) is 5.48. The lowest BCUT2D eigenvalue weighted by atomic mass is 10.0. The minimum Gasteiger partial charge on any atom is -0.493 e. The molecule has 148 valence electrons. The SMILES string of the molecule is CC(=O)Nc1c(OC2CCOc3cc(F)cc(F)c32)cccc1C(=O)N(C)C. The number of hydrogen-bond donors (Lipinski definition) is 1. The standard InChI is InChI=1S/C20H20F2N2O4/c1-11(25)23-19-13(20(26)24(2)3)5-4-6-16(19)28-15-7-8-27-17-10-12(21)9-14(22)18(15)17/h4-6,9-10,15H,7-8H2,1-3H3,(H,23,25). The van der Waals surface area contributed by atoms with Crippen molar-refractivity contribution in [2.75, 3.05) is 26.0 Å². The third kappa shape index (κ3) is 3.90. The molecule has 0 spiro atoms. The van der Waals surface area contributed by atoms with Gasteiger partial charge in [0.15, 0.2) is 0 Å². The molecule has 1 heterocycles. The minimum atomic E-state index is -0.777. The summed E-state index contributed by atoms with van der Waals surface area (Å²) in [7, 11) is 3.18. The Morgan fingerprint density at radius 1 is 1.25 bits per heavy atom. The van der Waals surface area contributed by atoms with Gasteiger partial charge >= 0.3 is 0 Å². The largest absolute Gasteiger partial charge is 0.493 e. The van der Waals surface area contributed by atoms with Crippen LogP contribution in [0.3, 0.4) is 0 Å². The van der Waals surface area contributed by atoms with Gasteiger partial charge in [-0.1, -0.05) is 6.07 Å². The number of halogens is 2. The van der Waals surface area contributed by atoms with E-state index in [2.05, 4.69) is 5.32 Å². The van der Waals surface area contributed by atoms with Crippen LogP contribution in [0, 0.1) is 11.6 Å². The molecule has 0 saturated carbocycles. The van der Waals surface area contributed by atoms with E-state index in [0.717, 1.165) is 12.1 Å². The third-order valence-electron chi connectivity index (χ3n) is 4.25. The van der Waals surface area contributed by atoms with Gasteiger partial charge in [-0.2, -0.15) is 0 Å². The summed E-state index contributed by atoms with van der Waals surface area (Å²) in [6, 6.07) is 6.63. The van der Waals surface area contributed by atoms with Crippen molar-refractivity contribution in [1.29, 1.82) is 0 Å². The van der Waals surface area contributed by atoms with Gasteiger partial charge < -0.3 is 19.7 Å². The molecule has 1 unspecified atom stereocenters. The second-order valence-corrected chi connectivity index (χ2v) is 6.60. The van der Waals surface area contributed by atoms with E-state index in [1.807, 2.05) is 0 Å². The molecule has 0 fully saturated rings. The Bertz CT molecular complexity index is 931. The summed E-state index contributed by atoms with van der Waals surface area (Å²) < 4.78 is 39.2. The van der Waals surface area contributed by atoms with Crippen LogP contribution in [0.15, 0.2) is 30.3 Å². The van der Waals surface area contributed by atoms with Crippen molar-refractivity contribution in [3.05, 3.63) is 53.1 Å². The molecular formula is C20H20F2N2O4. The Morgan fingerprint density at radius 3 is 2.68 bits per heavy atom. The van der Waals surface area contributed by atoms with E-state index in [9.17, 15) is 18.4 Å². The van der Waals surface area contributed by atoms with Crippen molar-refractivity contribution >= 4 is 17.5 Å². The number of ether oxygens (including phenoxy) is 2. The number of hydrogen-bond acceptors (Lipinski definition) is 4. The van der Waals surface area contributed by atoms with Crippen LogP contribution in [0.25, 0.3) is 0 Å². The fourth-order valence-electron chi connectivity index (χ4n) is 3.04. The molecule has 8 heteroatoms. The van der Waals surface area contributed by atoms with Gasteiger partial charge in [-0.25, -0.2) is 8.78 Å². The van der Waals surface area contributed by atoms with Crippen molar-refractivity contribution in [1.82, 2.24) is 4.90 Å². The number of amides is 2. The van der Waals surface area contributed by atoms with Crippen LogP contribution in [0.5, 0.6) is 11.5 Å². The number of para-hydroxylation sites is 1. The summed E-state index contributed by atoms with van der Waals surface area (Å²) in [5, 5.41) is 2.62. The Morgan fingerprint density at radius 2 is 2.00 bits per heavy atom. The van der Waals surface area contributed by atoms with Crippen molar-refractivity contribution in [2.45, 2.75) is 19.4 Å². The molecule has 28 heavy (non-hydrogen) atoms. The maximum absolute atomic E-state index is 14.4. The van der Waals surface area contributed by atoms with E-state index >= 15 is 0 Å². The molecule has 3 rings (SSSR count). The first-order chi connectivity index (χ1) is 13.3. The molecule has 0 saturated heterocycles. The molecule has 0 aromatic heterocycles. The van der Waals surface area contributed by atoms with Crippen molar-refractivity contribution in [3.8, 4) is 11.5 Å². The molecule has 0 aliphatic carbocycles. The highest BCUT2D eigenvalue weighted by molar-refractivity contribution is 6.04. The molecule has 2 aromatic carbocycles. The lowest BCUT2D eigenvalue weighted by Gasteiger charge is -2.28. The second kappa shape index (κ2) is 7.84. The van der Waals surface area contributed by atoms with E-state index < -0.39 is 17.7 Å². The molecule has 2 aromatic rings. The molecule has 1 aliphatic heterocycles. The first-order valence-corrected chi connectivity index (χ1v) is 8.68. The maximum atomic E-state index is 14.4. The van der Waals surface area contributed by atoms with Crippen LogP contribution in [-0.4, -0.2) is 37.4 Å². The van der Waals surface area contributed by atoms with Gasteiger partial charge in [0.05, 0.1) is 23.4 Å². The number of nitrogens with one attached hydrogen (secondary N) is 1. The smallest absolute Gasteiger partial charge is 0.255 e. The molecular weight excluding hydrogens is 370 g/mol. The highest BCUT2D eigenvalue weighted by Gasteiger charge is 2.29. The normalized spacial score (nSPS) is 15.2. The summed E-state index contributed by atoms with van der Waals surface area (Å²) in [6.45, 7) is 1.53. The highest BCUT2D eigenvalue weighted by Crippen LogP contribution is 2.40. The molecule has 1 atom stereocenters. The number of rotatable bonds is 4. The first-order valence-electron chi connectivity index (χ1n) is 8.68. The predicted molar refractivity (Wildman–Crippen MR) is 98.6 cm³/mol. The number of carbonyl (C=O) groups is 2. The average Bonchev–Trinajstić information content (AvgIpc) is 2.61. The van der Waals surface area contributed by atoms with Gasteiger partial charge in [0, 0.05) is 39.6 Å². The molecule has 6 nitrogen and oxygen atoms in total. The monoisotopic (exact) mass is 390 g/mol. The van der Waals surface area contributed by atoms with E-state index in [4.69, 9.17) is 9.47 Å². The zero-order chi connectivity index (χ0) is 20.4. The number of carbonyl (C=O) groups excluding carboxylic acids is 2. The fourth-order valence-corrected chi connectivity index (χ4v) is 3.04. The van der Waals surface area contributed by atoms with Gasteiger partial charge in [0.2, 0.25) is 5.91 Å². The Hall–Kier alpha value is -3.16. The maximum Gasteiger partial charge on any atom is 0.255 e. The van der Waals surface area contributed by atoms with E-state index in [1.165, 1.54) is 11.8 Å². The van der Waals surface area contributed by atoms with Crippen LogP contribution in [0.2, 0.25) is 0 Å². The molecule has 1 N–H and O–H groups in total. The number of fused-ring (bicyclic) bond motifs is 1. The molecule has 2 amide bonds. The van der Waals surface area contributed by atoms with Crippen molar-refractivity contribution in [2.24, 2.45) is 0 Å². The van der Waals surface area contributed by atoms with Gasteiger partial charge in [-0.05, 0) is 12.1 Å². The summed E-state index contributed by atoms with van der Waals surface area (Å²) in [4.78, 5) is 25.5. The lowest BCUT2D eigenvalue weighted by Crippen LogP contribution is -2.25. The van der Waals surface area contributed by atoms with Gasteiger partial charge in [0.25, 0.3) is 5.91 Å². The van der Waals surface area contributed by atoms with E-state index in [0.29, 0.717) is 6.42 Å². The van der Waals surface area contributed by atoms with Gasteiger partial charge in [0.1, 0.15) is 29.2 Å². The number of nitrogens with zero attached hydrogens (tertiary/aromatic N) is 1. The molecule has 1 aliphatic rings. The first kappa shape index (κ1) is 19.6. The van der Waals surface area contributed by atoms with E-state index in [1.54, 1.807) is 32.3 Å². The van der Waals surface area contributed by atoms with Crippen LogP contribution < -0.4 is 14.8 Å². The Balaban J connectivity index is 2.03. The van der Waals surface area contributed by atoms with Crippen LogP contribution in [0.4, 0.5) is 14.5 Å². The zero-order valence-corrected chi connectivity index (χ0v) is 15.7. The predicted octanol–water partition coefficient (Wildman–Crippen LogP) is 3.53. The minimum absolute atomic E-state index is 0.0790. The third-order valence-corrected chi connectivity index (χ3v) is 4.25. The highest BCUT2D eigenvalue weighted by atomic mass is 19.1. The van der Waals surface area contributed by atoms with Gasteiger partial charge in [-0.15, -0.1) is 0 Å².